The standard InChI is InChI=1S/C11H23NO2/c1-4-6-9(7-5-2)8-10(12)11(13)14-3/h9-10H,4-8,12H2,1-3H3. The van der Waals surface area contributed by atoms with Crippen LogP contribution in [0.1, 0.15) is 46.0 Å². The lowest BCUT2D eigenvalue weighted by atomic mass is 9.91. The van der Waals surface area contributed by atoms with E-state index in [-0.39, 0.29) is 5.97 Å². The van der Waals surface area contributed by atoms with Crippen molar-refractivity contribution < 1.29 is 9.53 Å². The molecule has 0 radical (unpaired) electrons. The Morgan fingerprint density at radius 1 is 1.29 bits per heavy atom. The van der Waals surface area contributed by atoms with E-state index in [1.165, 1.54) is 7.11 Å². The van der Waals surface area contributed by atoms with Gasteiger partial charge >= 0.3 is 5.97 Å². The number of nitrogens with two attached hydrogens (primary N) is 1. The summed E-state index contributed by atoms with van der Waals surface area (Å²) in [5.41, 5.74) is 5.71. The molecule has 0 aromatic heterocycles. The summed E-state index contributed by atoms with van der Waals surface area (Å²) < 4.78 is 4.61. The van der Waals surface area contributed by atoms with E-state index < -0.39 is 6.04 Å². The SMILES string of the molecule is CCCC(CCC)CC(N)C(=O)OC. The van der Waals surface area contributed by atoms with Gasteiger partial charge in [-0.1, -0.05) is 39.5 Å². The van der Waals surface area contributed by atoms with Crippen molar-refractivity contribution in [3.8, 4) is 0 Å². The number of carbonyl (C=O) groups is 1. The van der Waals surface area contributed by atoms with E-state index in [9.17, 15) is 4.79 Å². The molecule has 0 aromatic carbocycles. The molecule has 14 heavy (non-hydrogen) atoms. The van der Waals surface area contributed by atoms with E-state index in [0.29, 0.717) is 5.92 Å². The molecule has 1 atom stereocenters. The van der Waals surface area contributed by atoms with Crippen LogP contribution in [-0.2, 0) is 9.53 Å². The summed E-state index contributed by atoms with van der Waals surface area (Å²) in [6, 6.07) is -0.442. The zero-order valence-corrected chi connectivity index (χ0v) is 9.58. The summed E-state index contributed by atoms with van der Waals surface area (Å²) in [5.74, 6) is 0.279. The number of hydrogen-bond acceptors (Lipinski definition) is 3. The van der Waals surface area contributed by atoms with Crippen LogP contribution in [0.5, 0.6) is 0 Å². The number of methoxy groups -OCH3 is 1. The van der Waals surface area contributed by atoms with Crippen LogP contribution in [0, 0.1) is 5.92 Å². The molecule has 0 saturated carbocycles. The van der Waals surface area contributed by atoms with Gasteiger partial charge < -0.3 is 10.5 Å². The largest absolute Gasteiger partial charge is 0.468 e. The number of esters is 1. The van der Waals surface area contributed by atoms with Crippen LogP contribution in [0.3, 0.4) is 0 Å². The fourth-order valence-electron chi connectivity index (χ4n) is 1.80. The monoisotopic (exact) mass is 201 g/mol. The summed E-state index contributed by atoms with van der Waals surface area (Å²) in [6.45, 7) is 4.32. The van der Waals surface area contributed by atoms with Gasteiger partial charge in [-0.15, -0.1) is 0 Å². The second kappa shape index (κ2) is 7.80. The van der Waals surface area contributed by atoms with Gasteiger partial charge in [-0.2, -0.15) is 0 Å². The van der Waals surface area contributed by atoms with Gasteiger partial charge in [0, 0.05) is 0 Å². The molecule has 0 aliphatic rings. The van der Waals surface area contributed by atoms with Crippen LogP contribution in [0.25, 0.3) is 0 Å². The highest BCUT2D eigenvalue weighted by molar-refractivity contribution is 5.75. The van der Waals surface area contributed by atoms with Crippen molar-refractivity contribution >= 4 is 5.97 Å². The quantitative estimate of drug-likeness (QED) is 0.642. The molecule has 2 N–H and O–H groups in total. The van der Waals surface area contributed by atoms with E-state index in [2.05, 4.69) is 18.6 Å². The summed E-state index contributed by atoms with van der Waals surface area (Å²) in [5, 5.41) is 0. The third kappa shape index (κ3) is 5.22. The molecular weight excluding hydrogens is 178 g/mol. The molecule has 0 saturated heterocycles. The van der Waals surface area contributed by atoms with E-state index in [1.807, 2.05) is 0 Å². The average molecular weight is 201 g/mol. The van der Waals surface area contributed by atoms with Gasteiger partial charge in [-0.05, 0) is 12.3 Å². The predicted molar refractivity (Wildman–Crippen MR) is 57.9 cm³/mol. The minimum Gasteiger partial charge on any atom is -0.468 e. The van der Waals surface area contributed by atoms with E-state index >= 15 is 0 Å². The molecule has 0 spiro atoms. The van der Waals surface area contributed by atoms with Crippen molar-refractivity contribution in [1.29, 1.82) is 0 Å². The zero-order valence-electron chi connectivity index (χ0n) is 9.58. The summed E-state index contributed by atoms with van der Waals surface area (Å²) in [7, 11) is 1.39. The van der Waals surface area contributed by atoms with Crippen LogP contribution in [0.4, 0.5) is 0 Å². The van der Waals surface area contributed by atoms with Crippen LogP contribution in [0.2, 0.25) is 0 Å². The highest BCUT2D eigenvalue weighted by Crippen LogP contribution is 2.19. The fourth-order valence-corrected chi connectivity index (χ4v) is 1.80. The normalized spacial score (nSPS) is 12.9. The molecule has 0 aliphatic carbocycles. The van der Waals surface area contributed by atoms with Gasteiger partial charge in [0.2, 0.25) is 0 Å². The maximum atomic E-state index is 11.1. The predicted octanol–water partition coefficient (Wildman–Crippen LogP) is 2.09. The molecule has 3 nitrogen and oxygen atoms in total. The second-order valence-corrected chi connectivity index (χ2v) is 3.81. The van der Waals surface area contributed by atoms with Crippen molar-refractivity contribution in [3.63, 3.8) is 0 Å². The van der Waals surface area contributed by atoms with Gasteiger partial charge in [0.05, 0.1) is 7.11 Å². The summed E-state index contributed by atoms with van der Waals surface area (Å²) in [4.78, 5) is 11.1. The van der Waals surface area contributed by atoms with Crippen LogP contribution >= 0.6 is 0 Å². The van der Waals surface area contributed by atoms with Gasteiger partial charge in [-0.3, -0.25) is 4.79 Å². The number of carbonyl (C=O) groups excluding carboxylic acids is 1. The topological polar surface area (TPSA) is 52.3 Å². The lowest BCUT2D eigenvalue weighted by molar-refractivity contribution is -0.142. The molecule has 0 aliphatic heterocycles. The summed E-state index contributed by atoms with van der Waals surface area (Å²) >= 11 is 0. The van der Waals surface area contributed by atoms with E-state index in [4.69, 9.17) is 5.73 Å². The fraction of sp³-hybridized carbons (Fsp3) is 0.909. The molecule has 1 unspecified atom stereocenters. The van der Waals surface area contributed by atoms with Crippen LogP contribution < -0.4 is 5.73 Å². The number of hydrogen-bond donors (Lipinski definition) is 1. The zero-order chi connectivity index (χ0) is 11.0. The first kappa shape index (κ1) is 13.4. The lowest BCUT2D eigenvalue weighted by Crippen LogP contribution is -2.33. The third-order valence-corrected chi connectivity index (χ3v) is 2.49. The smallest absolute Gasteiger partial charge is 0.322 e. The maximum Gasteiger partial charge on any atom is 0.322 e. The molecule has 0 amide bonds. The van der Waals surface area contributed by atoms with Gasteiger partial charge in [0.15, 0.2) is 0 Å². The van der Waals surface area contributed by atoms with Crippen LogP contribution in [-0.4, -0.2) is 19.1 Å². The minimum absolute atomic E-state index is 0.290. The molecule has 0 aromatic rings. The van der Waals surface area contributed by atoms with Gasteiger partial charge in [0.25, 0.3) is 0 Å². The number of ether oxygens (including phenoxy) is 1. The molecule has 0 rings (SSSR count). The Morgan fingerprint density at radius 3 is 2.14 bits per heavy atom. The van der Waals surface area contributed by atoms with Crippen molar-refractivity contribution in [2.45, 2.75) is 52.0 Å². The summed E-state index contributed by atoms with van der Waals surface area (Å²) in [6.07, 6.45) is 5.36. The first-order chi connectivity index (χ1) is 6.65. The highest BCUT2D eigenvalue weighted by Gasteiger charge is 2.18. The Bertz CT molecular complexity index is 153. The van der Waals surface area contributed by atoms with Gasteiger partial charge in [0.1, 0.15) is 6.04 Å². The van der Waals surface area contributed by atoms with Crippen molar-refractivity contribution in [2.24, 2.45) is 11.7 Å². The van der Waals surface area contributed by atoms with Crippen molar-refractivity contribution in [2.75, 3.05) is 7.11 Å². The Kier molecular flexibility index (Phi) is 7.48. The Labute approximate surface area is 87.0 Å². The molecule has 3 heteroatoms. The Balaban J connectivity index is 3.94. The molecular formula is C11H23NO2. The first-order valence-corrected chi connectivity index (χ1v) is 5.49. The molecule has 0 bridgehead atoms. The lowest BCUT2D eigenvalue weighted by Gasteiger charge is -2.18. The van der Waals surface area contributed by atoms with Crippen LogP contribution in [0.15, 0.2) is 0 Å². The average Bonchev–Trinajstić information content (AvgIpc) is 2.17. The van der Waals surface area contributed by atoms with Gasteiger partial charge in [-0.25, -0.2) is 0 Å². The minimum atomic E-state index is -0.442. The Morgan fingerprint density at radius 2 is 1.79 bits per heavy atom. The Hall–Kier alpha value is -0.570. The van der Waals surface area contributed by atoms with E-state index in [1.54, 1.807) is 0 Å². The molecule has 84 valence electrons. The third-order valence-electron chi connectivity index (χ3n) is 2.49. The highest BCUT2D eigenvalue weighted by atomic mass is 16.5. The van der Waals surface area contributed by atoms with Crippen molar-refractivity contribution in [3.05, 3.63) is 0 Å². The second-order valence-electron chi connectivity index (χ2n) is 3.81. The van der Waals surface area contributed by atoms with E-state index in [0.717, 1.165) is 32.1 Å². The molecule has 0 heterocycles. The van der Waals surface area contributed by atoms with Crippen molar-refractivity contribution in [1.82, 2.24) is 0 Å². The first-order valence-electron chi connectivity index (χ1n) is 5.49. The maximum absolute atomic E-state index is 11.1. The molecule has 0 fully saturated rings. The number of rotatable bonds is 7.